The Morgan fingerprint density at radius 2 is 0.776 bits per heavy atom. The molecule has 11 aromatic carbocycles. The van der Waals surface area contributed by atoms with Crippen LogP contribution in [0.25, 0.3) is 111 Å². The van der Waals surface area contributed by atoms with E-state index in [0.717, 1.165) is 84.0 Å². The van der Waals surface area contributed by atoms with Crippen molar-refractivity contribution in [2.45, 2.75) is 5.41 Å². The Kier molecular flexibility index (Phi) is 9.15. The maximum absolute atomic E-state index is 6.84. The molecule has 0 radical (unpaired) electrons. The second kappa shape index (κ2) is 16.4. The zero-order valence-electron chi connectivity index (χ0n) is 41.0. The van der Waals surface area contributed by atoms with Gasteiger partial charge in [-0.05, 0) is 106 Å². The number of rotatable bonds is 6. The molecule has 354 valence electrons. The lowest BCUT2D eigenvalue weighted by molar-refractivity contribution is 0.436. The average molecular weight is 970 g/mol. The van der Waals surface area contributed by atoms with Gasteiger partial charge in [0.1, 0.15) is 11.5 Å². The van der Waals surface area contributed by atoms with Crippen molar-refractivity contribution in [1.82, 2.24) is 24.1 Å². The molecule has 0 fully saturated rings. The minimum Gasteiger partial charge on any atom is -0.457 e. The molecule has 0 saturated heterocycles. The highest BCUT2D eigenvalue weighted by atomic mass is 16.5. The molecular formula is C70H43N5O. The van der Waals surface area contributed by atoms with Gasteiger partial charge in [-0.2, -0.15) is 0 Å². The highest BCUT2D eigenvalue weighted by molar-refractivity contribution is 6.29. The van der Waals surface area contributed by atoms with E-state index < -0.39 is 5.41 Å². The third kappa shape index (κ3) is 6.06. The van der Waals surface area contributed by atoms with Gasteiger partial charge in [-0.1, -0.05) is 188 Å². The topological polar surface area (TPSA) is 57.8 Å². The van der Waals surface area contributed by atoms with Gasteiger partial charge in [-0.15, -0.1) is 0 Å². The highest BCUT2D eigenvalue weighted by Gasteiger charge is 2.52. The summed E-state index contributed by atoms with van der Waals surface area (Å²) in [6.07, 6.45) is 0. The summed E-state index contributed by atoms with van der Waals surface area (Å²) >= 11 is 0. The van der Waals surface area contributed by atoms with E-state index in [4.69, 9.17) is 19.7 Å². The van der Waals surface area contributed by atoms with Crippen LogP contribution in [-0.2, 0) is 5.41 Å². The van der Waals surface area contributed by atoms with E-state index in [1.165, 1.54) is 43.7 Å². The van der Waals surface area contributed by atoms with E-state index in [9.17, 15) is 0 Å². The summed E-state index contributed by atoms with van der Waals surface area (Å²) in [5.41, 5.74) is 18.1. The van der Waals surface area contributed by atoms with E-state index in [2.05, 4.69) is 234 Å². The van der Waals surface area contributed by atoms with Crippen LogP contribution in [0.15, 0.2) is 261 Å². The molecule has 0 atom stereocenters. The van der Waals surface area contributed by atoms with Crippen molar-refractivity contribution >= 4 is 43.6 Å². The Morgan fingerprint density at radius 1 is 0.303 bits per heavy atom. The minimum atomic E-state index is -0.751. The van der Waals surface area contributed by atoms with Crippen molar-refractivity contribution in [2.24, 2.45) is 0 Å². The predicted octanol–water partition coefficient (Wildman–Crippen LogP) is 17.2. The quantitative estimate of drug-likeness (QED) is 0.167. The van der Waals surface area contributed by atoms with E-state index in [-0.39, 0.29) is 0 Å². The second-order valence-electron chi connectivity index (χ2n) is 19.8. The number of hydrogen-bond acceptors (Lipinski definition) is 4. The van der Waals surface area contributed by atoms with Crippen LogP contribution in [0.4, 0.5) is 0 Å². The van der Waals surface area contributed by atoms with E-state index in [0.29, 0.717) is 17.5 Å². The van der Waals surface area contributed by atoms with Gasteiger partial charge < -0.3 is 13.9 Å². The Bertz CT molecular complexity index is 4550. The van der Waals surface area contributed by atoms with Gasteiger partial charge in [0.25, 0.3) is 0 Å². The number of fused-ring (bicyclic) bond motifs is 16. The fourth-order valence-corrected chi connectivity index (χ4v) is 12.7. The van der Waals surface area contributed by atoms with E-state index in [1.54, 1.807) is 0 Å². The van der Waals surface area contributed by atoms with Gasteiger partial charge in [-0.25, -0.2) is 15.0 Å². The summed E-state index contributed by atoms with van der Waals surface area (Å²) in [6, 6.07) is 93.3. The predicted molar refractivity (Wildman–Crippen MR) is 308 cm³/mol. The fraction of sp³-hybridized carbons (Fsp3) is 0.0143. The largest absolute Gasteiger partial charge is 0.457 e. The standard InChI is InChI=1S/C70H43N5O/c1-5-20-44(21-6-1)67-71-68(45-22-7-2-8-23-45)73-69(72-67)47-36-38-51-57(43-47)70(54-30-14-17-34-62(54)76-63-35-18-15-31-55(63)70)56-32-19-29-50(64(51)56)46-37-39-59-53(42-46)66-61(75(59)49-26-11-4-12-27-49)41-40-60-65(66)52-28-13-16-33-58(52)74(60)48-24-9-3-10-25-48/h1-43H. The molecule has 1 spiro atoms. The number of ether oxygens (including phenoxy) is 1. The van der Waals surface area contributed by atoms with Gasteiger partial charge in [0, 0.05) is 60.7 Å². The molecule has 0 unspecified atom stereocenters. The summed E-state index contributed by atoms with van der Waals surface area (Å²) < 4.78 is 11.7. The van der Waals surface area contributed by atoms with Crippen LogP contribution in [-0.4, -0.2) is 24.1 Å². The number of aromatic nitrogens is 5. The summed E-state index contributed by atoms with van der Waals surface area (Å²) in [6.45, 7) is 0. The van der Waals surface area contributed by atoms with Crippen LogP contribution in [0.1, 0.15) is 22.3 Å². The normalized spacial score (nSPS) is 12.9. The van der Waals surface area contributed by atoms with Crippen LogP contribution in [0.5, 0.6) is 11.5 Å². The van der Waals surface area contributed by atoms with Crippen LogP contribution in [0, 0.1) is 0 Å². The monoisotopic (exact) mass is 969 g/mol. The molecule has 0 N–H and O–H groups in total. The smallest absolute Gasteiger partial charge is 0.164 e. The van der Waals surface area contributed by atoms with Crippen molar-refractivity contribution < 1.29 is 4.74 Å². The molecule has 0 amide bonds. The molecule has 4 heterocycles. The van der Waals surface area contributed by atoms with Gasteiger partial charge >= 0.3 is 0 Å². The van der Waals surface area contributed by atoms with Crippen LogP contribution in [0.2, 0.25) is 0 Å². The van der Waals surface area contributed by atoms with Crippen LogP contribution in [0.3, 0.4) is 0 Å². The summed E-state index contributed by atoms with van der Waals surface area (Å²) in [5, 5.41) is 4.88. The first-order valence-corrected chi connectivity index (χ1v) is 25.8. The van der Waals surface area contributed by atoms with Crippen LogP contribution >= 0.6 is 0 Å². The zero-order chi connectivity index (χ0) is 49.9. The first-order valence-electron chi connectivity index (χ1n) is 25.8. The van der Waals surface area contributed by atoms with Crippen molar-refractivity contribution in [3.05, 3.63) is 283 Å². The molecule has 6 nitrogen and oxygen atoms in total. The number of hydrogen-bond donors (Lipinski definition) is 0. The molecule has 2 aliphatic rings. The van der Waals surface area contributed by atoms with E-state index >= 15 is 0 Å². The second-order valence-corrected chi connectivity index (χ2v) is 19.8. The molecule has 0 saturated carbocycles. The Labute approximate surface area is 438 Å². The van der Waals surface area contributed by atoms with Gasteiger partial charge in [0.15, 0.2) is 17.5 Å². The molecule has 76 heavy (non-hydrogen) atoms. The summed E-state index contributed by atoms with van der Waals surface area (Å²) in [4.78, 5) is 15.6. The molecule has 1 aliphatic carbocycles. The maximum atomic E-state index is 6.84. The molecule has 16 rings (SSSR count). The Balaban J connectivity index is 0.982. The fourth-order valence-electron chi connectivity index (χ4n) is 12.7. The SMILES string of the molecule is c1ccc(-c2nc(-c3ccccc3)nc(-c3ccc4c(c3)C3(c5ccccc5Oc5ccccc53)c3cccc(-c5ccc6c(c5)c5c7c8ccccc8n(-c8ccccc8)c7ccc5n6-c5ccccc5)c3-4)n2)cc1. The van der Waals surface area contributed by atoms with Gasteiger partial charge in [0.05, 0.1) is 27.5 Å². The molecule has 3 aromatic heterocycles. The Hall–Kier alpha value is -10.2. The first kappa shape index (κ1) is 42.3. The van der Waals surface area contributed by atoms with Crippen molar-refractivity contribution in [3.8, 4) is 79.3 Å². The Morgan fingerprint density at radius 3 is 1.39 bits per heavy atom. The zero-order valence-corrected chi connectivity index (χ0v) is 41.0. The van der Waals surface area contributed by atoms with Crippen molar-refractivity contribution in [3.63, 3.8) is 0 Å². The van der Waals surface area contributed by atoms with Gasteiger partial charge in [-0.3, -0.25) is 0 Å². The molecule has 14 aromatic rings. The third-order valence-electron chi connectivity index (χ3n) is 15.8. The number of nitrogens with zero attached hydrogens (tertiary/aromatic N) is 5. The number of para-hydroxylation sites is 5. The summed E-state index contributed by atoms with van der Waals surface area (Å²) in [5.74, 6) is 3.52. The van der Waals surface area contributed by atoms with E-state index in [1.807, 2.05) is 36.4 Å². The molecule has 0 bridgehead atoms. The first-order chi connectivity index (χ1) is 37.7. The lowest BCUT2D eigenvalue weighted by atomic mass is 9.66. The highest BCUT2D eigenvalue weighted by Crippen LogP contribution is 2.64. The molecular weight excluding hydrogens is 927 g/mol. The lowest BCUT2D eigenvalue weighted by Crippen LogP contribution is -2.32. The molecule has 1 aliphatic heterocycles. The minimum absolute atomic E-state index is 0.607. The summed E-state index contributed by atoms with van der Waals surface area (Å²) in [7, 11) is 0. The van der Waals surface area contributed by atoms with Gasteiger partial charge in [0.2, 0.25) is 0 Å². The number of benzene rings is 11. The third-order valence-corrected chi connectivity index (χ3v) is 15.8. The van der Waals surface area contributed by atoms with Crippen molar-refractivity contribution in [1.29, 1.82) is 0 Å². The molecule has 6 heteroatoms. The van der Waals surface area contributed by atoms with Crippen molar-refractivity contribution in [2.75, 3.05) is 0 Å². The van der Waals surface area contributed by atoms with Crippen LogP contribution < -0.4 is 4.74 Å². The lowest BCUT2D eigenvalue weighted by Gasteiger charge is -2.39. The maximum Gasteiger partial charge on any atom is 0.164 e. The average Bonchev–Trinajstić information content (AvgIpc) is 4.22.